The molecule has 2 aromatic carbocycles. The van der Waals surface area contributed by atoms with E-state index in [0.717, 1.165) is 32.9 Å². The SMILES string of the molecule is CCc1nc2ccccc2c(C)c1C(=O)OCC(=O)NCCc1c[nH]c2ccccc12. The molecule has 0 radical (unpaired) electrons. The molecule has 0 atom stereocenters. The van der Waals surface area contributed by atoms with Crippen molar-refractivity contribution in [3.8, 4) is 0 Å². The molecule has 2 N–H and O–H groups in total. The van der Waals surface area contributed by atoms with Crippen molar-refractivity contribution >= 4 is 33.7 Å². The van der Waals surface area contributed by atoms with Crippen LogP contribution >= 0.6 is 0 Å². The Morgan fingerprint density at radius 2 is 1.81 bits per heavy atom. The lowest BCUT2D eigenvalue weighted by atomic mass is 10.0. The number of carbonyl (C=O) groups excluding carboxylic acids is 2. The third kappa shape index (κ3) is 4.28. The van der Waals surface area contributed by atoms with Crippen LogP contribution in [-0.2, 0) is 22.4 Å². The lowest BCUT2D eigenvalue weighted by Crippen LogP contribution is -2.30. The number of amides is 1. The molecular weight excluding hydrogens is 390 g/mol. The van der Waals surface area contributed by atoms with Gasteiger partial charge in [0.2, 0.25) is 0 Å². The average molecular weight is 415 g/mol. The van der Waals surface area contributed by atoms with Crippen LogP contribution in [0.4, 0.5) is 0 Å². The zero-order chi connectivity index (χ0) is 21.8. The lowest BCUT2D eigenvalue weighted by molar-refractivity contribution is -0.124. The molecule has 1 amide bonds. The van der Waals surface area contributed by atoms with Crippen molar-refractivity contribution in [1.29, 1.82) is 0 Å². The zero-order valence-corrected chi connectivity index (χ0v) is 17.7. The highest BCUT2D eigenvalue weighted by Crippen LogP contribution is 2.24. The third-order valence-corrected chi connectivity index (χ3v) is 5.49. The fourth-order valence-electron chi connectivity index (χ4n) is 3.90. The number of carbonyl (C=O) groups is 2. The van der Waals surface area contributed by atoms with E-state index in [-0.39, 0.29) is 12.5 Å². The number of nitrogens with one attached hydrogen (secondary N) is 2. The summed E-state index contributed by atoms with van der Waals surface area (Å²) >= 11 is 0. The van der Waals surface area contributed by atoms with Crippen LogP contribution < -0.4 is 5.32 Å². The number of ether oxygens (including phenoxy) is 1. The minimum atomic E-state index is -0.514. The summed E-state index contributed by atoms with van der Waals surface area (Å²) in [5.74, 6) is -0.836. The van der Waals surface area contributed by atoms with Crippen LogP contribution in [0.25, 0.3) is 21.8 Å². The number of para-hydroxylation sites is 2. The van der Waals surface area contributed by atoms with Crippen molar-refractivity contribution in [1.82, 2.24) is 15.3 Å². The van der Waals surface area contributed by atoms with Gasteiger partial charge in [0.15, 0.2) is 6.61 Å². The smallest absolute Gasteiger partial charge is 0.340 e. The predicted octanol–water partition coefficient (Wildman–Crippen LogP) is 4.10. The van der Waals surface area contributed by atoms with E-state index in [1.54, 1.807) is 0 Å². The van der Waals surface area contributed by atoms with E-state index in [9.17, 15) is 9.59 Å². The fraction of sp³-hybridized carbons (Fsp3) is 0.240. The molecule has 4 rings (SSSR count). The molecular formula is C25H25N3O3. The zero-order valence-electron chi connectivity index (χ0n) is 17.7. The van der Waals surface area contributed by atoms with Crippen molar-refractivity contribution < 1.29 is 14.3 Å². The van der Waals surface area contributed by atoms with Crippen LogP contribution in [0.2, 0.25) is 0 Å². The molecule has 0 aliphatic rings. The standard InChI is InChI=1S/C25H25N3O3/c1-3-20-24(16(2)18-8-4-7-11-22(18)28-20)25(30)31-15-23(29)26-13-12-17-14-27-21-10-6-5-9-19(17)21/h4-11,14,27H,3,12-13,15H2,1-2H3,(H,26,29). The Morgan fingerprint density at radius 1 is 1.06 bits per heavy atom. The summed E-state index contributed by atoms with van der Waals surface area (Å²) in [5, 5.41) is 4.88. The Labute approximate surface area is 180 Å². The maximum absolute atomic E-state index is 12.8. The van der Waals surface area contributed by atoms with Gasteiger partial charge in [0, 0.05) is 29.0 Å². The van der Waals surface area contributed by atoms with E-state index in [1.807, 2.05) is 62.5 Å². The van der Waals surface area contributed by atoms with E-state index in [0.29, 0.717) is 30.6 Å². The normalized spacial score (nSPS) is 11.0. The van der Waals surface area contributed by atoms with Crippen LogP contribution in [0.5, 0.6) is 0 Å². The summed E-state index contributed by atoms with van der Waals surface area (Å²) in [6.07, 6.45) is 3.25. The van der Waals surface area contributed by atoms with Crippen LogP contribution in [0.1, 0.15) is 34.1 Å². The number of benzene rings is 2. The first kappa shape index (κ1) is 20.6. The van der Waals surface area contributed by atoms with Crippen molar-refractivity contribution in [3.05, 3.63) is 77.1 Å². The first-order valence-corrected chi connectivity index (χ1v) is 10.5. The van der Waals surface area contributed by atoms with E-state index in [4.69, 9.17) is 4.74 Å². The molecule has 0 aliphatic carbocycles. The monoisotopic (exact) mass is 415 g/mol. The maximum atomic E-state index is 12.8. The third-order valence-electron chi connectivity index (χ3n) is 5.49. The summed E-state index contributed by atoms with van der Waals surface area (Å²) in [6.45, 7) is 3.99. The van der Waals surface area contributed by atoms with E-state index in [1.165, 1.54) is 0 Å². The maximum Gasteiger partial charge on any atom is 0.340 e. The van der Waals surface area contributed by atoms with Gasteiger partial charge in [-0.2, -0.15) is 0 Å². The number of hydrogen-bond donors (Lipinski definition) is 2. The molecule has 0 aliphatic heterocycles. The van der Waals surface area contributed by atoms with E-state index < -0.39 is 5.97 Å². The fourth-order valence-corrected chi connectivity index (χ4v) is 3.90. The highest BCUT2D eigenvalue weighted by atomic mass is 16.5. The van der Waals surface area contributed by atoms with Gasteiger partial charge >= 0.3 is 5.97 Å². The summed E-state index contributed by atoms with van der Waals surface area (Å²) in [7, 11) is 0. The molecule has 0 saturated heterocycles. The summed E-state index contributed by atoms with van der Waals surface area (Å²) < 4.78 is 5.32. The number of nitrogens with zero attached hydrogens (tertiary/aromatic N) is 1. The Hall–Kier alpha value is -3.67. The van der Waals surface area contributed by atoms with Gasteiger partial charge in [-0.1, -0.05) is 43.3 Å². The van der Waals surface area contributed by atoms with E-state index in [2.05, 4.69) is 21.4 Å². The van der Waals surface area contributed by atoms with Crippen LogP contribution in [0, 0.1) is 6.92 Å². The molecule has 0 fully saturated rings. The number of fused-ring (bicyclic) bond motifs is 2. The molecule has 0 bridgehead atoms. The number of aromatic amines is 1. The number of esters is 1. The van der Waals surface area contributed by atoms with Crippen LogP contribution in [0.3, 0.4) is 0 Å². The average Bonchev–Trinajstić information content (AvgIpc) is 3.20. The second kappa shape index (κ2) is 9.00. The van der Waals surface area contributed by atoms with Crippen molar-refractivity contribution in [2.24, 2.45) is 0 Å². The quantitative estimate of drug-likeness (QED) is 0.445. The highest BCUT2D eigenvalue weighted by molar-refractivity contribution is 5.99. The largest absolute Gasteiger partial charge is 0.452 e. The van der Waals surface area contributed by atoms with Gasteiger partial charge in [0.1, 0.15) is 0 Å². The van der Waals surface area contributed by atoms with Crippen LogP contribution in [-0.4, -0.2) is 35.0 Å². The van der Waals surface area contributed by atoms with Gasteiger partial charge in [0.25, 0.3) is 5.91 Å². The Bertz CT molecular complexity index is 1260. The summed E-state index contributed by atoms with van der Waals surface area (Å²) in [5.41, 5.74) is 5.02. The van der Waals surface area contributed by atoms with Gasteiger partial charge < -0.3 is 15.0 Å². The van der Waals surface area contributed by atoms with Gasteiger partial charge in [-0.05, 0) is 43.0 Å². The molecule has 158 valence electrons. The lowest BCUT2D eigenvalue weighted by Gasteiger charge is -2.13. The minimum absolute atomic E-state index is 0.317. The molecule has 6 heteroatoms. The van der Waals surface area contributed by atoms with E-state index >= 15 is 0 Å². The number of rotatable bonds is 7. The number of H-pyrrole nitrogens is 1. The highest BCUT2D eigenvalue weighted by Gasteiger charge is 2.20. The molecule has 4 aromatic rings. The second-order valence-electron chi connectivity index (χ2n) is 7.46. The summed E-state index contributed by atoms with van der Waals surface area (Å²) in [6, 6.07) is 15.7. The van der Waals surface area contributed by atoms with Gasteiger partial charge in [0.05, 0.1) is 16.8 Å². The Kier molecular flexibility index (Phi) is 5.98. The number of pyridine rings is 1. The molecule has 0 unspecified atom stereocenters. The number of aromatic nitrogens is 2. The topological polar surface area (TPSA) is 84.1 Å². The molecule has 6 nitrogen and oxygen atoms in total. The molecule has 0 spiro atoms. The van der Waals surface area contributed by atoms with Crippen molar-refractivity contribution in [2.75, 3.05) is 13.2 Å². The van der Waals surface area contributed by atoms with Crippen LogP contribution in [0.15, 0.2) is 54.7 Å². The first-order chi connectivity index (χ1) is 15.1. The predicted molar refractivity (Wildman–Crippen MR) is 121 cm³/mol. The summed E-state index contributed by atoms with van der Waals surface area (Å²) in [4.78, 5) is 32.8. The molecule has 0 saturated carbocycles. The molecule has 31 heavy (non-hydrogen) atoms. The van der Waals surface area contributed by atoms with Gasteiger partial charge in [-0.25, -0.2) is 4.79 Å². The number of aryl methyl sites for hydroxylation is 2. The molecule has 2 heterocycles. The van der Waals surface area contributed by atoms with Gasteiger partial charge in [-0.15, -0.1) is 0 Å². The first-order valence-electron chi connectivity index (χ1n) is 10.5. The Morgan fingerprint density at radius 3 is 2.61 bits per heavy atom. The molecule has 2 aromatic heterocycles. The Balaban J connectivity index is 1.36. The van der Waals surface area contributed by atoms with Crippen molar-refractivity contribution in [3.63, 3.8) is 0 Å². The van der Waals surface area contributed by atoms with Crippen molar-refractivity contribution in [2.45, 2.75) is 26.7 Å². The van der Waals surface area contributed by atoms with Gasteiger partial charge in [-0.3, -0.25) is 9.78 Å². The minimum Gasteiger partial charge on any atom is -0.452 e. The second-order valence-corrected chi connectivity index (χ2v) is 7.46. The number of hydrogen-bond acceptors (Lipinski definition) is 4.